The van der Waals surface area contributed by atoms with Crippen LogP contribution in [0.5, 0.6) is 0 Å². The molecule has 0 aliphatic carbocycles. The maximum absolute atomic E-state index is 12.8. The van der Waals surface area contributed by atoms with Crippen LogP contribution in [0.4, 0.5) is 0 Å². The van der Waals surface area contributed by atoms with Crippen molar-refractivity contribution in [1.29, 1.82) is 0 Å². The average molecular weight is 292 g/mol. The van der Waals surface area contributed by atoms with Gasteiger partial charge < -0.3 is 0 Å². The van der Waals surface area contributed by atoms with Crippen molar-refractivity contribution < 1.29 is 14.4 Å². The van der Waals surface area contributed by atoms with E-state index in [4.69, 9.17) is 0 Å². The fraction of sp³-hybridized carbons (Fsp3) is 0.750. The minimum atomic E-state index is -0.821. The van der Waals surface area contributed by atoms with Crippen LogP contribution < -0.4 is 0 Å². The highest BCUT2D eigenvalue weighted by Crippen LogP contribution is 2.52. The van der Waals surface area contributed by atoms with Crippen molar-refractivity contribution >= 4 is 23.6 Å². The van der Waals surface area contributed by atoms with Crippen molar-refractivity contribution in [3.05, 3.63) is 0 Å². The highest BCUT2D eigenvalue weighted by molar-refractivity contribution is 6.25. The lowest BCUT2D eigenvalue weighted by atomic mass is 9.68. The van der Waals surface area contributed by atoms with Crippen LogP contribution in [0.1, 0.15) is 55.4 Å². The molecular weight excluding hydrogens is 268 g/mol. The number of rotatable bonds is 0. The van der Waals surface area contributed by atoms with E-state index in [1.807, 2.05) is 13.8 Å². The second kappa shape index (κ2) is 3.81. The lowest BCUT2D eigenvalue weighted by molar-refractivity contribution is -0.137. The molecule has 5 heteroatoms. The maximum Gasteiger partial charge on any atom is 0.254 e. The van der Waals surface area contributed by atoms with E-state index in [2.05, 4.69) is 4.99 Å². The Labute approximate surface area is 125 Å². The summed E-state index contributed by atoms with van der Waals surface area (Å²) >= 11 is 0. The zero-order chi connectivity index (χ0) is 16.6. The first-order valence-corrected chi connectivity index (χ1v) is 7.23. The molecule has 0 unspecified atom stereocenters. The molecule has 1 saturated heterocycles. The SMILES string of the molecule is CC1(C)C(=O)N=C(N2C(=O)C(C)(C)C(C)(C)C2=O)C1(C)C. The van der Waals surface area contributed by atoms with Gasteiger partial charge in [0.05, 0.1) is 16.2 Å². The van der Waals surface area contributed by atoms with E-state index in [9.17, 15) is 14.4 Å². The summed E-state index contributed by atoms with van der Waals surface area (Å²) in [6.07, 6.45) is 0. The molecule has 2 aliphatic heterocycles. The van der Waals surface area contributed by atoms with Crippen LogP contribution in [0.15, 0.2) is 4.99 Å². The third-order valence-corrected chi connectivity index (χ3v) is 6.11. The highest BCUT2D eigenvalue weighted by Gasteiger charge is 2.64. The fourth-order valence-corrected chi connectivity index (χ4v) is 2.63. The minimum absolute atomic E-state index is 0.283. The molecule has 21 heavy (non-hydrogen) atoms. The van der Waals surface area contributed by atoms with Crippen molar-refractivity contribution in [2.45, 2.75) is 55.4 Å². The highest BCUT2D eigenvalue weighted by atomic mass is 16.2. The van der Waals surface area contributed by atoms with Gasteiger partial charge in [0, 0.05) is 5.41 Å². The number of amidine groups is 1. The summed E-state index contributed by atoms with van der Waals surface area (Å²) in [7, 11) is 0. The monoisotopic (exact) mass is 292 g/mol. The van der Waals surface area contributed by atoms with Crippen LogP contribution in [0, 0.1) is 21.7 Å². The van der Waals surface area contributed by atoms with Gasteiger partial charge in [-0.25, -0.2) is 4.90 Å². The van der Waals surface area contributed by atoms with Gasteiger partial charge in [0.2, 0.25) is 11.8 Å². The quantitative estimate of drug-likeness (QED) is 0.644. The van der Waals surface area contributed by atoms with Crippen LogP contribution >= 0.6 is 0 Å². The second-order valence-corrected chi connectivity index (χ2v) is 8.19. The topological polar surface area (TPSA) is 66.8 Å². The van der Waals surface area contributed by atoms with Crippen LogP contribution in [-0.2, 0) is 14.4 Å². The molecule has 0 bridgehead atoms. The smallest absolute Gasteiger partial charge is 0.254 e. The minimum Gasteiger partial charge on any atom is -0.273 e. The molecule has 2 heterocycles. The number of aliphatic imine (C=N–C) groups is 1. The van der Waals surface area contributed by atoms with Gasteiger partial charge in [0.15, 0.2) is 0 Å². The summed E-state index contributed by atoms with van der Waals surface area (Å²) in [6, 6.07) is 0. The fourth-order valence-electron chi connectivity index (χ4n) is 2.63. The number of carbonyl (C=O) groups is 3. The Morgan fingerprint density at radius 1 is 0.667 bits per heavy atom. The number of imide groups is 1. The van der Waals surface area contributed by atoms with Gasteiger partial charge in [-0.3, -0.25) is 14.4 Å². The number of likely N-dealkylation sites (tertiary alicyclic amines) is 1. The summed E-state index contributed by atoms with van der Waals surface area (Å²) in [5.41, 5.74) is -3.05. The summed E-state index contributed by atoms with van der Waals surface area (Å²) in [5, 5.41) is 0. The van der Waals surface area contributed by atoms with Crippen LogP contribution in [0.2, 0.25) is 0 Å². The van der Waals surface area contributed by atoms with Crippen molar-refractivity contribution in [2.24, 2.45) is 26.7 Å². The molecule has 0 spiro atoms. The Kier molecular flexibility index (Phi) is 2.88. The van der Waals surface area contributed by atoms with E-state index >= 15 is 0 Å². The number of amides is 3. The molecule has 0 aromatic rings. The van der Waals surface area contributed by atoms with Gasteiger partial charge in [0.25, 0.3) is 5.91 Å². The maximum atomic E-state index is 12.8. The number of nitrogens with zero attached hydrogens (tertiary/aromatic N) is 2. The largest absolute Gasteiger partial charge is 0.273 e. The number of carbonyl (C=O) groups excluding carboxylic acids is 3. The zero-order valence-corrected chi connectivity index (χ0v) is 14.1. The molecule has 2 rings (SSSR count). The van der Waals surface area contributed by atoms with Crippen molar-refractivity contribution in [1.82, 2.24) is 4.90 Å². The van der Waals surface area contributed by atoms with Crippen molar-refractivity contribution in [3.63, 3.8) is 0 Å². The summed E-state index contributed by atoms with van der Waals surface area (Å²) < 4.78 is 0. The molecule has 3 amide bonds. The Hall–Kier alpha value is -1.52. The van der Waals surface area contributed by atoms with E-state index in [0.29, 0.717) is 0 Å². The predicted molar refractivity (Wildman–Crippen MR) is 79.4 cm³/mol. The van der Waals surface area contributed by atoms with Crippen LogP contribution in [0.3, 0.4) is 0 Å². The number of hydrogen-bond donors (Lipinski definition) is 0. The molecular formula is C16H24N2O3. The predicted octanol–water partition coefficient (Wildman–Crippen LogP) is 2.40. The van der Waals surface area contributed by atoms with Gasteiger partial charge in [-0.05, 0) is 41.5 Å². The van der Waals surface area contributed by atoms with Crippen molar-refractivity contribution in [3.8, 4) is 0 Å². The Morgan fingerprint density at radius 3 is 1.33 bits per heavy atom. The molecule has 0 N–H and O–H groups in total. The van der Waals surface area contributed by atoms with Gasteiger partial charge in [-0.15, -0.1) is 0 Å². The van der Waals surface area contributed by atoms with E-state index < -0.39 is 21.7 Å². The molecule has 116 valence electrons. The molecule has 0 saturated carbocycles. The molecule has 0 radical (unpaired) electrons. The standard InChI is InChI=1S/C16H24N2O3/c1-13(2)9(17-10(19)14(13,3)4)18-11(20)15(5,6)16(7,8)12(18)21/h1-8H3. The van der Waals surface area contributed by atoms with Gasteiger partial charge >= 0.3 is 0 Å². The Bertz CT molecular complexity index is 569. The van der Waals surface area contributed by atoms with Gasteiger partial charge in [-0.1, -0.05) is 13.8 Å². The molecule has 0 aromatic heterocycles. The van der Waals surface area contributed by atoms with E-state index in [-0.39, 0.29) is 23.6 Å². The van der Waals surface area contributed by atoms with E-state index in [0.717, 1.165) is 4.90 Å². The van der Waals surface area contributed by atoms with E-state index in [1.165, 1.54) is 0 Å². The first-order chi connectivity index (χ1) is 9.20. The summed E-state index contributed by atoms with van der Waals surface area (Å²) in [5.74, 6) is -0.568. The third kappa shape index (κ3) is 1.57. The van der Waals surface area contributed by atoms with Crippen molar-refractivity contribution in [2.75, 3.05) is 0 Å². The van der Waals surface area contributed by atoms with E-state index in [1.54, 1.807) is 41.5 Å². The first-order valence-electron chi connectivity index (χ1n) is 7.23. The second-order valence-electron chi connectivity index (χ2n) is 8.19. The summed E-state index contributed by atoms with van der Waals surface area (Å²) in [4.78, 5) is 42.9. The number of hydrogen-bond acceptors (Lipinski definition) is 3. The normalized spacial score (nSPS) is 29.0. The molecule has 1 fully saturated rings. The van der Waals surface area contributed by atoms with Gasteiger partial charge in [0.1, 0.15) is 5.84 Å². The molecule has 2 aliphatic rings. The van der Waals surface area contributed by atoms with Crippen LogP contribution in [-0.4, -0.2) is 28.5 Å². The van der Waals surface area contributed by atoms with Gasteiger partial charge in [-0.2, -0.15) is 4.99 Å². The lowest BCUT2D eigenvalue weighted by Crippen LogP contribution is -2.48. The molecule has 0 aromatic carbocycles. The molecule has 0 atom stereocenters. The Morgan fingerprint density at radius 2 is 1.05 bits per heavy atom. The third-order valence-electron chi connectivity index (χ3n) is 6.11. The zero-order valence-electron chi connectivity index (χ0n) is 14.1. The molecule has 5 nitrogen and oxygen atoms in total. The first kappa shape index (κ1) is 15.9. The lowest BCUT2D eigenvalue weighted by Gasteiger charge is -2.36. The van der Waals surface area contributed by atoms with Crippen LogP contribution in [0.25, 0.3) is 0 Å². The average Bonchev–Trinajstić information content (AvgIpc) is 2.55. The summed E-state index contributed by atoms with van der Waals surface area (Å²) in [6.45, 7) is 14.4. The Balaban J connectivity index is 2.60.